The molecule has 0 fully saturated rings. The molecule has 0 saturated carbocycles. The maximum absolute atomic E-state index is 12.8. The quantitative estimate of drug-likeness (QED) is 0.711. The van der Waals surface area contributed by atoms with Crippen molar-refractivity contribution >= 4 is 11.8 Å². The van der Waals surface area contributed by atoms with Crippen LogP contribution in [0.5, 0.6) is 0 Å². The van der Waals surface area contributed by atoms with Gasteiger partial charge in [-0.3, -0.25) is 20.4 Å². The van der Waals surface area contributed by atoms with Crippen LogP contribution in [0.1, 0.15) is 33.0 Å². The van der Waals surface area contributed by atoms with E-state index in [2.05, 4.69) is 10.9 Å². The summed E-state index contributed by atoms with van der Waals surface area (Å²) in [6, 6.07) is 26.1. The van der Waals surface area contributed by atoms with Crippen LogP contribution in [0.3, 0.4) is 0 Å². The van der Waals surface area contributed by atoms with E-state index in [1.807, 2.05) is 79.7 Å². The van der Waals surface area contributed by atoms with Gasteiger partial charge in [0.2, 0.25) is 5.91 Å². The Morgan fingerprint density at radius 2 is 1.19 bits per heavy atom. The highest BCUT2D eigenvalue weighted by molar-refractivity contribution is 5.96. The van der Waals surface area contributed by atoms with Crippen LogP contribution in [-0.4, -0.2) is 11.8 Å². The monoisotopic (exact) mass is 344 g/mol. The Morgan fingerprint density at radius 3 is 1.69 bits per heavy atom. The minimum atomic E-state index is -0.504. The van der Waals surface area contributed by atoms with Gasteiger partial charge in [-0.2, -0.15) is 0 Å². The first-order valence-electron chi connectivity index (χ1n) is 8.42. The zero-order valence-corrected chi connectivity index (χ0v) is 14.5. The van der Waals surface area contributed by atoms with Crippen molar-refractivity contribution in [3.8, 4) is 0 Å². The fraction of sp³-hybridized carbons (Fsp3) is 0.0909. The van der Waals surface area contributed by atoms with Crippen molar-refractivity contribution in [3.05, 3.63) is 107 Å². The van der Waals surface area contributed by atoms with Crippen molar-refractivity contribution in [2.24, 2.45) is 0 Å². The van der Waals surface area contributed by atoms with Crippen LogP contribution < -0.4 is 10.9 Å². The molecule has 0 aromatic heterocycles. The van der Waals surface area contributed by atoms with Gasteiger partial charge in [-0.05, 0) is 30.2 Å². The number of carbonyl (C=O) groups excluding carboxylic acids is 2. The Labute approximate surface area is 152 Å². The van der Waals surface area contributed by atoms with E-state index in [1.165, 1.54) is 0 Å². The van der Waals surface area contributed by atoms with Gasteiger partial charge in [0.15, 0.2) is 0 Å². The van der Waals surface area contributed by atoms with Crippen LogP contribution in [0.2, 0.25) is 0 Å². The first-order chi connectivity index (χ1) is 12.6. The maximum Gasteiger partial charge on any atom is 0.269 e. The summed E-state index contributed by atoms with van der Waals surface area (Å²) in [6.07, 6.45) is 0. The smallest absolute Gasteiger partial charge is 0.269 e. The molecule has 4 heteroatoms. The second kappa shape index (κ2) is 8.12. The lowest BCUT2D eigenvalue weighted by Crippen LogP contribution is -2.44. The average molecular weight is 344 g/mol. The normalized spacial score (nSPS) is 10.4. The van der Waals surface area contributed by atoms with Gasteiger partial charge in [-0.25, -0.2) is 0 Å². The Hall–Kier alpha value is -3.40. The van der Waals surface area contributed by atoms with E-state index in [0.29, 0.717) is 5.56 Å². The van der Waals surface area contributed by atoms with E-state index in [0.717, 1.165) is 16.7 Å². The Kier molecular flexibility index (Phi) is 5.44. The van der Waals surface area contributed by atoms with Crippen LogP contribution in [0.4, 0.5) is 0 Å². The number of rotatable bonds is 4. The molecule has 130 valence electrons. The number of hydrogen-bond donors (Lipinski definition) is 2. The molecular weight excluding hydrogens is 324 g/mol. The molecule has 0 aliphatic rings. The van der Waals surface area contributed by atoms with E-state index in [9.17, 15) is 9.59 Å². The maximum atomic E-state index is 12.8. The van der Waals surface area contributed by atoms with Crippen molar-refractivity contribution in [3.63, 3.8) is 0 Å². The summed E-state index contributed by atoms with van der Waals surface area (Å²) in [7, 11) is 0. The third-order valence-electron chi connectivity index (χ3n) is 4.14. The van der Waals surface area contributed by atoms with Gasteiger partial charge < -0.3 is 0 Å². The van der Waals surface area contributed by atoms with Gasteiger partial charge in [-0.15, -0.1) is 0 Å². The van der Waals surface area contributed by atoms with E-state index < -0.39 is 5.92 Å². The number of hydrogen-bond acceptors (Lipinski definition) is 2. The minimum Gasteiger partial charge on any atom is -0.272 e. The summed E-state index contributed by atoms with van der Waals surface area (Å²) < 4.78 is 0. The van der Waals surface area contributed by atoms with E-state index in [-0.39, 0.29) is 11.8 Å². The molecule has 0 bridgehead atoms. The predicted octanol–water partition coefficient (Wildman–Crippen LogP) is 3.59. The fourth-order valence-corrected chi connectivity index (χ4v) is 2.75. The van der Waals surface area contributed by atoms with Gasteiger partial charge in [0, 0.05) is 5.56 Å². The first-order valence-corrected chi connectivity index (χ1v) is 8.42. The van der Waals surface area contributed by atoms with Crippen molar-refractivity contribution in [1.29, 1.82) is 0 Å². The molecular formula is C22H20N2O2. The molecule has 0 saturated heterocycles. The van der Waals surface area contributed by atoms with Gasteiger partial charge in [0.25, 0.3) is 5.91 Å². The number of hydrazine groups is 1. The molecule has 0 spiro atoms. The summed E-state index contributed by atoms with van der Waals surface area (Å²) in [4.78, 5) is 25.0. The molecule has 0 atom stereocenters. The lowest BCUT2D eigenvalue weighted by atomic mass is 9.91. The molecule has 0 aliphatic heterocycles. The standard InChI is InChI=1S/C22H20N2O2/c1-16-12-14-19(15-13-16)21(25)23-24-22(26)20(17-8-4-2-5-9-17)18-10-6-3-7-11-18/h2-15,20H,1H3,(H,23,25)(H,24,26). The summed E-state index contributed by atoms with van der Waals surface area (Å²) in [6.45, 7) is 1.95. The second-order valence-electron chi connectivity index (χ2n) is 6.06. The zero-order valence-electron chi connectivity index (χ0n) is 14.5. The topological polar surface area (TPSA) is 58.2 Å². The minimum absolute atomic E-state index is 0.289. The molecule has 2 amide bonds. The largest absolute Gasteiger partial charge is 0.272 e. The highest BCUT2D eigenvalue weighted by atomic mass is 16.2. The number of amides is 2. The molecule has 3 rings (SSSR count). The summed E-state index contributed by atoms with van der Waals surface area (Å²) >= 11 is 0. The van der Waals surface area contributed by atoms with E-state index >= 15 is 0 Å². The molecule has 4 nitrogen and oxygen atoms in total. The van der Waals surface area contributed by atoms with Crippen LogP contribution in [0, 0.1) is 6.92 Å². The SMILES string of the molecule is Cc1ccc(C(=O)NNC(=O)C(c2ccccc2)c2ccccc2)cc1. The number of benzene rings is 3. The van der Waals surface area contributed by atoms with Crippen LogP contribution >= 0.6 is 0 Å². The molecule has 0 radical (unpaired) electrons. The number of carbonyl (C=O) groups is 2. The van der Waals surface area contributed by atoms with E-state index in [1.54, 1.807) is 12.1 Å². The lowest BCUT2D eigenvalue weighted by molar-refractivity contribution is -0.122. The number of aryl methyl sites for hydroxylation is 1. The van der Waals surface area contributed by atoms with Crippen LogP contribution in [-0.2, 0) is 4.79 Å². The fourth-order valence-electron chi connectivity index (χ4n) is 2.75. The summed E-state index contributed by atoms with van der Waals surface area (Å²) in [5, 5.41) is 0. The first kappa shape index (κ1) is 17.4. The molecule has 2 N–H and O–H groups in total. The van der Waals surface area contributed by atoms with Gasteiger partial charge >= 0.3 is 0 Å². The molecule has 3 aromatic carbocycles. The highest BCUT2D eigenvalue weighted by Crippen LogP contribution is 2.24. The van der Waals surface area contributed by atoms with Gasteiger partial charge in [0.1, 0.15) is 0 Å². The highest BCUT2D eigenvalue weighted by Gasteiger charge is 2.23. The Bertz CT molecular complexity index is 836. The third-order valence-corrected chi connectivity index (χ3v) is 4.14. The van der Waals surface area contributed by atoms with Gasteiger partial charge in [0.05, 0.1) is 5.92 Å². The number of nitrogens with one attached hydrogen (secondary N) is 2. The lowest BCUT2D eigenvalue weighted by Gasteiger charge is -2.18. The zero-order chi connectivity index (χ0) is 18.4. The summed E-state index contributed by atoms with van der Waals surface area (Å²) in [5.74, 6) is -1.14. The van der Waals surface area contributed by atoms with Crippen molar-refractivity contribution in [1.82, 2.24) is 10.9 Å². The molecule has 0 aliphatic carbocycles. The van der Waals surface area contributed by atoms with E-state index in [4.69, 9.17) is 0 Å². The second-order valence-corrected chi connectivity index (χ2v) is 6.06. The third kappa shape index (κ3) is 4.16. The molecule has 3 aromatic rings. The average Bonchev–Trinajstić information content (AvgIpc) is 2.68. The van der Waals surface area contributed by atoms with Crippen molar-refractivity contribution in [2.75, 3.05) is 0 Å². The van der Waals surface area contributed by atoms with Crippen LogP contribution in [0.15, 0.2) is 84.9 Å². The van der Waals surface area contributed by atoms with Crippen LogP contribution in [0.25, 0.3) is 0 Å². The molecule has 0 unspecified atom stereocenters. The molecule has 26 heavy (non-hydrogen) atoms. The molecule has 0 heterocycles. The van der Waals surface area contributed by atoms with Gasteiger partial charge in [-0.1, -0.05) is 78.4 Å². The summed E-state index contributed by atoms with van der Waals surface area (Å²) in [5.41, 5.74) is 8.34. The van der Waals surface area contributed by atoms with Crippen molar-refractivity contribution in [2.45, 2.75) is 12.8 Å². The Morgan fingerprint density at radius 1 is 0.692 bits per heavy atom. The Balaban J connectivity index is 1.76. The van der Waals surface area contributed by atoms with Crippen molar-refractivity contribution < 1.29 is 9.59 Å². The predicted molar refractivity (Wildman–Crippen MR) is 102 cm³/mol.